The third-order valence-corrected chi connectivity index (χ3v) is 1.90. The highest BCUT2D eigenvalue weighted by Crippen LogP contribution is 2.41. The van der Waals surface area contributed by atoms with Crippen LogP contribution in [0.3, 0.4) is 0 Å². The van der Waals surface area contributed by atoms with Crippen LogP contribution >= 0.6 is 7.82 Å². The fraction of sp³-hybridized carbons (Fsp3) is 0.750. The molecule has 0 aromatic rings. The lowest BCUT2D eigenvalue weighted by atomic mass is 10.3. The molecule has 0 saturated carbocycles. The maximum absolute atomic E-state index is 10.6. The maximum Gasteiger partial charge on any atom is 0.471 e. The molecule has 0 aliphatic heterocycles. The minimum Gasteiger partial charge on any atom is -0.480 e. The fourth-order valence-electron chi connectivity index (χ4n) is 0.298. The van der Waals surface area contributed by atoms with Gasteiger partial charge in [-0.3, -0.25) is 13.8 Å². The Morgan fingerprint density at radius 1 is 1.75 bits per heavy atom. The zero-order valence-electron chi connectivity index (χ0n) is 6.34. The van der Waals surface area contributed by atoms with E-state index in [0.29, 0.717) is 0 Å². The summed E-state index contributed by atoms with van der Waals surface area (Å²) in [6.07, 6.45) is 0. The van der Waals surface area contributed by atoms with Crippen molar-refractivity contribution < 1.29 is 28.4 Å². The summed E-state index contributed by atoms with van der Waals surface area (Å²) < 4.78 is 18.8. The van der Waals surface area contributed by atoms with E-state index in [1.54, 1.807) is 0 Å². The van der Waals surface area contributed by atoms with Crippen molar-refractivity contribution in [2.24, 2.45) is 5.73 Å². The number of rotatable bonds is 5. The molecule has 0 fully saturated rings. The smallest absolute Gasteiger partial charge is 0.471 e. The van der Waals surface area contributed by atoms with Crippen molar-refractivity contribution >= 4 is 13.8 Å². The van der Waals surface area contributed by atoms with Gasteiger partial charge in [-0.25, -0.2) is 4.57 Å². The van der Waals surface area contributed by atoms with Gasteiger partial charge in [-0.1, -0.05) is 0 Å². The Hall–Kier alpha value is -0.460. The molecule has 0 aromatic heterocycles. The molecule has 0 aliphatic rings. The predicted molar refractivity (Wildman–Crippen MR) is 38.4 cm³/mol. The van der Waals surface area contributed by atoms with Gasteiger partial charge in [-0.05, 0) is 0 Å². The summed E-state index contributed by atoms with van der Waals surface area (Å²) in [5, 5.41) is 8.23. The average Bonchev–Trinajstić information content (AvgIpc) is 2.00. The Balaban J connectivity index is 3.83. The number of nitrogens with two attached hydrogens (primary N) is 1. The monoisotopic (exact) mass is 199 g/mol. The van der Waals surface area contributed by atoms with Gasteiger partial charge in [-0.2, -0.15) is 0 Å². The Morgan fingerprint density at radius 3 is 2.58 bits per heavy atom. The van der Waals surface area contributed by atoms with E-state index >= 15 is 0 Å². The molecule has 0 rings (SSSR count). The molecule has 0 aromatic carbocycles. The summed E-state index contributed by atoms with van der Waals surface area (Å²) in [6.45, 7) is -0.572. The normalized spacial score (nSPS) is 18.2. The molecule has 12 heavy (non-hydrogen) atoms. The number of hydrogen-bond acceptors (Lipinski definition) is 5. The molecular formula is C4H10NO6P. The predicted octanol–water partition coefficient (Wildman–Crippen LogP) is -0.838. The van der Waals surface area contributed by atoms with Crippen LogP contribution in [0.4, 0.5) is 0 Å². The summed E-state index contributed by atoms with van der Waals surface area (Å²) in [5.74, 6) is -1.31. The Kier molecular flexibility index (Phi) is 4.36. The van der Waals surface area contributed by atoms with E-state index in [1.807, 2.05) is 0 Å². The third kappa shape index (κ3) is 4.42. The molecular weight excluding hydrogens is 189 g/mol. The molecule has 8 heteroatoms. The number of carboxylic acid groups (broad SMARTS) is 1. The van der Waals surface area contributed by atoms with Crippen molar-refractivity contribution in [1.82, 2.24) is 0 Å². The fourth-order valence-corrected chi connectivity index (χ4v) is 0.753. The molecule has 0 amide bonds. The first kappa shape index (κ1) is 11.5. The minimum absolute atomic E-state index is 0.572. The van der Waals surface area contributed by atoms with E-state index in [-0.39, 0.29) is 0 Å². The van der Waals surface area contributed by atoms with E-state index < -0.39 is 26.4 Å². The summed E-state index contributed by atoms with van der Waals surface area (Å²) in [7, 11) is -3.14. The number of phosphoric acid groups is 1. The summed E-state index contributed by atoms with van der Waals surface area (Å²) in [4.78, 5) is 18.7. The second kappa shape index (κ2) is 4.54. The van der Waals surface area contributed by atoms with Gasteiger partial charge in [0.1, 0.15) is 6.04 Å². The van der Waals surface area contributed by atoms with Crippen molar-refractivity contribution in [1.29, 1.82) is 0 Å². The highest BCUT2D eigenvalue weighted by molar-refractivity contribution is 7.47. The van der Waals surface area contributed by atoms with Crippen LogP contribution in [-0.2, 0) is 18.4 Å². The molecule has 72 valence electrons. The zero-order chi connectivity index (χ0) is 9.78. The van der Waals surface area contributed by atoms with Gasteiger partial charge >= 0.3 is 13.8 Å². The lowest BCUT2D eigenvalue weighted by Crippen LogP contribution is -2.34. The molecule has 0 radical (unpaired) electrons. The van der Waals surface area contributed by atoms with Crippen LogP contribution in [0.2, 0.25) is 0 Å². The number of carbonyl (C=O) groups is 1. The van der Waals surface area contributed by atoms with Crippen LogP contribution in [0, 0.1) is 0 Å². The third-order valence-electron chi connectivity index (χ3n) is 0.965. The molecule has 7 nitrogen and oxygen atoms in total. The molecule has 2 atom stereocenters. The number of phosphoric ester groups is 1. The first-order valence-corrected chi connectivity index (χ1v) is 4.40. The van der Waals surface area contributed by atoms with E-state index in [1.165, 1.54) is 0 Å². The summed E-state index contributed by atoms with van der Waals surface area (Å²) in [6, 6.07) is -1.33. The van der Waals surface area contributed by atoms with E-state index in [0.717, 1.165) is 7.11 Å². The van der Waals surface area contributed by atoms with E-state index in [9.17, 15) is 9.36 Å². The minimum atomic E-state index is -4.11. The summed E-state index contributed by atoms with van der Waals surface area (Å²) in [5.41, 5.74) is 4.97. The molecule has 0 bridgehead atoms. The average molecular weight is 199 g/mol. The lowest BCUT2D eigenvalue weighted by Gasteiger charge is -2.10. The van der Waals surface area contributed by atoms with Gasteiger partial charge in [0, 0.05) is 7.11 Å². The van der Waals surface area contributed by atoms with Crippen LogP contribution in [0.1, 0.15) is 0 Å². The lowest BCUT2D eigenvalue weighted by molar-refractivity contribution is -0.139. The van der Waals surface area contributed by atoms with Gasteiger partial charge in [0.25, 0.3) is 0 Å². The van der Waals surface area contributed by atoms with Crippen molar-refractivity contribution in [3.05, 3.63) is 0 Å². The van der Waals surface area contributed by atoms with Crippen LogP contribution in [-0.4, -0.2) is 35.7 Å². The molecule has 4 N–H and O–H groups in total. The highest BCUT2D eigenvalue weighted by atomic mass is 31.2. The molecule has 0 saturated heterocycles. The Bertz CT molecular complexity index is 206. The van der Waals surface area contributed by atoms with Crippen LogP contribution in [0.15, 0.2) is 0 Å². The van der Waals surface area contributed by atoms with Crippen LogP contribution in [0.25, 0.3) is 0 Å². The van der Waals surface area contributed by atoms with Gasteiger partial charge in [0.15, 0.2) is 0 Å². The first-order chi connectivity index (χ1) is 5.39. The number of aliphatic carboxylic acids is 1. The molecule has 0 spiro atoms. The SMILES string of the molecule is COP(=O)(O)OCC(N)C(=O)O. The van der Waals surface area contributed by atoms with Gasteiger partial charge in [0.05, 0.1) is 6.61 Å². The summed E-state index contributed by atoms with van der Waals surface area (Å²) >= 11 is 0. The number of hydrogen-bond donors (Lipinski definition) is 3. The van der Waals surface area contributed by atoms with Crippen LogP contribution in [0.5, 0.6) is 0 Å². The zero-order valence-corrected chi connectivity index (χ0v) is 7.23. The van der Waals surface area contributed by atoms with Crippen molar-refractivity contribution in [3.63, 3.8) is 0 Å². The standard InChI is InChI=1S/C4H10NO6P/c1-10-12(8,9)11-2-3(5)4(6)7/h3H,2,5H2,1H3,(H,6,7)(H,8,9). The topological polar surface area (TPSA) is 119 Å². The quantitative estimate of drug-likeness (QED) is 0.494. The van der Waals surface area contributed by atoms with Crippen LogP contribution < -0.4 is 5.73 Å². The second-order valence-electron chi connectivity index (χ2n) is 1.89. The number of carboxylic acids is 1. The Labute approximate surface area is 68.7 Å². The van der Waals surface area contributed by atoms with E-state index in [2.05, 4.69) is 9.05 Å². The van der Waals surface area contributed by atoms with Gasteiger partial charge < -0.3 is 15.7 Å². The van der Waals surface area contributed by atoms with E-state index in [4.69, 9.17) is 15.7 Å². The largest absolute Gasteiger partial charge is 0.480 e. The molecule has 0 heterocycles. The maximum atomic E-state index is 10.6. The van der Waals surface area contributed by atoms with Gasteiger partial charge in [-0.15, -0.1) is 0 Å². The van der Waals surface area contributed by atoms with Crippen molar-refractivity contribution in [2.45, 2.75) is 6.04 Å². The van der Waals surface area contributed by atoms with Crippen molar-refractivity contribution in [2.75, 3.05) is 13.7 Å². The molecule has 2 unspecified atom stereocenters. The Morgan fingerprint density at radius 2 is 2.25 bits per heavy atom. The molecule has 0 aliphatic carbocycles. The second-order valence-corrected chi connectivity index (χ2v) is 3.45. The highest BCUT2D eigenvalue weighted by Gasteiger charge is 2.22. The van der Waals surface area contributed by atoms with Gasteiger partial charge in [0.2, 0.25) is 0 Å². The first-order valence-electron chi connectivity index (χ1n) is 2.90. The van der Waals surface area contributed by atoms with Crippen molar-refractivity contribution in [3.8, 4) is 0 Å².